The summed E-state index contributed by atoms with van der Waals surface area (Å²) >= 11 is 0. The average Bonchev–Trinajstić information content (AvgIpc) is 2.36. The summed E-state index contributed by atoms with van der Waals surface area (Å²) in [6.07, 6.45) is 2.80. The van der Waals surface area contributed by atoms with Crippen LogP contribution in [0.2, 0.25) is 0 Å². The molecule has 1 amide bonds. The zero-order valence-electron chi connectivity index (χ0n) is 5.80. The maximum atomic E-state index is 10.8. The van der Waals surface area contributed by atoms with Crippen molar-refractivity contribution in [2.24, 2.45) is 12.2 Å². The Morgan fingerprint density at radius 3 is 3.09 bits per heavy atom. The summed E-state index contributed by atoms with van der Waals surface area (Å²) in [7, 11) is 1.65. The van der Waals surface area contributed by atoms with Crippen molar-refractivity contribution < 1.29 is 4.79 Å². The Morgan fingerprint density at radius 1 is 1.91 bits per heavy atom. The first kappa shape index (κ1) is 7.30. The minimum Gasteiger partial charge on any atom is -0.331 e. The number of imidazole rings is 1. The molecular weight excluding hydrogens is 146 g/mol. The quantitative estimate of drug-likeness (QED) is 0.339. The van der Waals surface area contributed by atoms with Crippen LogP contribution in [0.4, 0.5) is 0 Å². The van der Waals surface area contributed by atoms with Crippen molar-refractivity contribution in [3.05, 3.63) is 28.7 Å². The van der Waals surface area contributed by atoms with E-state index < -0.39 is 5.91 Å². The molecule has 0 spiro atoms. The summed E-state index contributed by atoms with van der Waals surface area (Å²) in [4.78, 5) is 16.9. The van der Waals surface area contributed by atoms with Crippen LogP contribution in [-0.4, -0.2) is 15.5 Å². The lowest BCUT2D eigenvalue weighted by Crippen LogP contribution is -2.00. The molecule has 11 heavy (non-hydrogen) atoms. The number of carbonyl (C=O) groups excluding carboxylic acids is 1. The number of azide groups is 1. The second-order valence-corrected chi connectivity index (χ2v) is 1.88. The van der Waals surface area contributed by atoms with Gasteiger partial charge in [-0.15, -0.1) is 0 Å². The lowest BCUT2D eigenvalue weighted by atomic mass is 10.4. The van der Waals surface area contributed by atoms with Gasteiger partial charge < -0.3 is 4.57 Å². The molecule has 0 unspecified atom stereocenters. The van der Waals surface area contributed by atoms with E-state index in [9.17, 15) is 4.79 Å². The van der Waals surface area contributed by atoms with Gasteiger partial charge in [-0.1, -0.05) is 0 Å². The largest absolute Gasteiger partial charge is 0.331 e. The Bertz CT molecular complexity index is 321. The fourth-order valence-corrected chi connectivity index (χ4v) is 0.655. The van der Waals surface area contributed by atoms with E-state index in [2.05, 4.69) is 15.0 Å². The maximum absolute atomic E-state index is 10.8. The molecule has 0 aliphatic heterocycles. The molecule has 6 nitrogen and oxygen atoms in total. The highest BCUT2D eigenvalue weighted by Gasteiger charge is 2.05. The molecule has 0 aliphatic rings. The SMILES string of the molecule is Cn1cncc1C(=O)N=[N+]=[N-]. The highest BCUT2D eigenvalue weighted by atomic mass is 16.1. The molecule has 0 atom stereocenters. The molecule has 0 bridgehead atoms. The lowest BCUT2D eigenvalue weighted by Gasteiger charge is -1.92. The monoisotopic (exact) mass is 151 g/mol. The van der Waals surface area contributed by atoms with Crippen molar-refractivity contribution >= 4 is 5.91 Å². The van der Waals surface area contributed by atoms with Gasteiger partial charge in [0, 0.05) is 12.0 Å². The molecular formula is C5H5N5O. The minimum absolute atomic E-state index is 0.280. The second kappa shape index (κ2) is 2.85. The molecule has 56 valence electrons. The van der Waals surface area contributed by atoms with Crippen LogP contribution in [-0.2, 0) is 7.05 Å². The van der Waals surface area contributed by atoms with Crippen LogP contribution in [0.15, 0.2) is 17.6 Å². The molecule has 0 aliphatic carbocycles. The van der Waals surface area contributed by atoms with Gasteiger partial charge in [0.2, 0.25) is 0 Å². The lowest BCUT2D eigenvalue weighted by molar-refractivity contribution is 0.0992. The summed E-state index contributed by atoms with van der Waals surface area (Å²) in [6, 6.07) is 0. The van der Waals surface area contributed by atoms with Crippen LogP contribution in [0.25, 0.3) is 10.4 Å². The number of rotatable bonds is 1. The molecule has 0 fully saturated rings. The first-order valence-corrected chi connectivity index (χ1v) is 2.81. The second-order valence-electron chi connectivity index (χ2n) is 1.88. The zero-order chi connectivity index (χ0) is 8.27. The summed E-state index contributed by atoms with van der Waals surface area (Å²) in [5.41, 5.74) is 8.21. The smallest absolute Gasteiger partial charge is 0.267 e. The number of amides is 1. The molecule has 0 saturated carbocycles. The van der Waals surface area contributed by atoms with Crippen molar-refractivity contribution in [1.82, 2.24) is 9.55 Å². The van der Waals surface area contributed by atoms with Crippen LogP contribution in [0.1, 0.15) is 10.5 Å². The molecule has 0 radical (unpaired) electrons. The van der Waals surface area contributed by atoms with Gasteiger partial charge >= 0.3 is 0 Å². The first-order chi connectivity index (χ1) is 5.25. The highest BCUT2D eigenvalue weighted by Crippen LogP contribution is 1.98. The topological polar surface area (TPSA) is 83.7 Å². The van der Waals surface area contributed by atoms with Gasteiger partial charge in [-0.2, -0.15) is 0 Å². The van der Waals surface area contributed by atoms with Gasteiger partial charge in [0.25, 0.3) is 5.91 Å². The third-order valence-corrected chi connectivity index (χ3v) is 1.17. The average molecular weight is 151 g/mol. The standard InChI is InChI=1S/C5H5N5O/c1-10-3-7-2-4(10)5(11)8-9-6/h2-3H,1H3. The Labute approximate surface area is 62.1 Å². The van der Waals surface area contributed by atoms with E-state index in [1.54, 1.807) is 7.05 Å². The van der Waals surface area contributed by atoms with Crippen molar-refractivity contribution in [2.75, 3.05) is 0 Å². The van der Waals surface area contributed by atoms with Crippen LogP contribution in [0, 0.1) is 0 Å². The van der Waals surface area contributed by atoms with E-state index in [-0.39, 0.29) is 5.69 Å². The van der Waals surface area contributed by atoms with Gasteiger partial charge in [0.1, 0.15) is 5.69 Å². The van der Waals surface area contributed by atoms with E-state index in [0.717, 1.165) is 0 Å². The van der Waals surface area contributed by atoms with Gasteiger partial charge in [-0.3, -0.25) is 4.79 Å². The predicted molar refractivity (Wildman–Crippen MR) is 36.7 cm³/mol. The van der Waals surface area contributed by atoms with E-state index in [1.807, 2.05) is 0 Å². The van der Waals surface area contributed by atoms with E-state index in [0.29, 0.717) is 0 Å². The minimum atomic E-state index is -0.618. The van der Waals surface area contributed by atoms with Crippen molar-refractivity contribution in [2.45, 2.75) is 0 Å². The van der Waals surface area contributed by atoms with Gasteiger partial charge in [0.05, 0.1) is 12.5 Å². The Hall–Kier alpha value is -1.81. The van der Waals surface area contributed by atoms with E-state index >= 15 is 0 Å². The van der Waals surface area contributed by atoms with E-state index in [4.69, 9.17) is 5.53 Å². The summed E-state index contributed by atoms with van der Waals surface area (Å²) in [5.74, 6) is -0.618. The Kier molecular flexibility index (Phi) is 1.89. The number of aryl methyl sites for hydroxylation is 1. The first-order valence-electron chi connectivity index (χ1n) is 2.81. The number of aromatic nitrogens is 2. The molecule has 1 aromatic rings. The molecule has 0 aromatic carbocycles. The third-order valence-electron chi connectivity index (χ3n) is 1.17. The van der Waals surface area contributed by atoms with Crippen molar-refractivity contribution in [3.63, 3.8) is 0 Å². The summed E-state index contributed by atoms with van der Waals surface area (Å²) < 4.78 is 1.48. The van der Waals surface area contributed by atoms with Gasteiger partial charge in [-0.25, -0.2) is 4.98 Å². The van der Waals surface area contributed by atoms with Crippen LogP contribution in [0.3, 0.4) is 0 Å². The fourth-order valence-electron chi connectivity index (χ4n) is 0.655. The molecule has 1 heterocycles. The summed E-state index contributed by atoms with van der Waals surface area (Å²) in [5, 5.41) is 2.91. The molecule has 1 aromatic heterocycles. The zero-order valence-corrected chi connectivity index (χ0v) is 5.80. The number of nitrogens with zero attached hydrogens (tertiary/aromatic N) is 5. The van der Waals surface area contributed by atoms with Crippen molar-refractivity contribution in [3.8, 4) is 0 Å². The van der Waals surface area contributed by atoms with Gasteiger partial charge in [-0.05, 0) is 10.6 Å². The van der Waals surface area contributed by atoms with Crippen molar-refractivity contribution in [1.29, 1.82) is 0 Å². The molecule has 0 saturated heterocycles. The summed E-state index contributed by atoms with van der Waals surface area (Å²) in [6.45, 7) is 0. The molecule has 0 N–H and O–H groups in total. The molecule has 1 rings (SSSR count). The van der Waals surface area contributed by atoms with E-state index in [1.165, 1.54) is 17.1 Å². The number of hydrogen-bond donors (Lipinski definition) is 0. The Morgan fingerprint density at radius 2 is 2.64 bits per heavy atom. The third kappa shape index (κ3) is 1.36. The highest BCUT2D eigenvalue weighted by molar-refractivity contribution is 5.92. The number of hydrogen-bond acceptors (Lipinski definition) is 2. The van der Waals surface area contributed by atoms with Crippen LogP contribution >= 0.6 is 0 Å². The number of carbonyl (C=O) groups is 1. The maximum Gasteiger partial charge on any atom is 0.267 e. The Balaban J connectivity index is 3.02. The molecule has 6 heteroatoms. The van der Waals surface area contributed by atoms with Gasteiger partial charge in [0.15, 0.2) is 0 Å². The van der Waals surface area contributed by atoms with Crippen LogP contribution < -0.4 is 0 Å². The predicted octanol–water partition coefficient (Wildman–Crippen LogP) is 0.871. The fraction of sp³-hybridized carbons (Fsp3) is 0.200. The van der Waals surface area contributed by atoms with Crippen LogP contribution in [0.5, 0.6) is 0 Å². The normalized spacial score (nSPS) is 8.82.